The molecule has 2 nitrogen and oxygen atoms in total. The van der Waals surface area contributed by atoms with Crippen LogP contribution in [0.2, 0.25) is 15.1 Å². The molecule has 0 amide bonds. The summed E-state index contributed by atoms with van der Waals surface area (Å²) in [6.07, 6.45) is 0. The summed E-state index contributed by atoms with van der Waals surface area (Å²) in [7, 11) is 0. The molecule has 0 aliphatic rings. The molecule has 96 valence electrons. The molecular weight excluding hydrogens is 311 g/mol. The molecule has 1 heterocycles. The molecule has 0 bridgehead atoms. The van der Waals surface area contributed by atoms with Crippen molar-refractivity contribution in [3.05, 3.63) is 49.3 Å². The van der Waals surface area contributed by atoms with E-state index in [0.717, 1.165) is 11.3 Å². The summed E-state index contributed by atoms with van der Waals surface area (Å²) in [6, 6.07) is 3.72. The Morgan fingerprint density at radius 2 is 2.06 bits per heavy atom. The minimum Gasteiger partial charge on any atom is -0.304 e. The molecule has 2 rings (SSSR count). The topological polar surface area (TPSA) is 24.9 Å². The number of benzene rings is 1. The summed E-state index contributed by atoms with van der Waals surface area (Å²) < 4.78 is 0. The molecule has 6 heteroatoms. The first-order valence-corrected chi connectivity index (χ1v) is 7.41. The first kappa shape index (κ1) is 14.1. The second kappa shape index (κ2) is 6.22. The van der Waals surface area contributed by atoms with Crippen LogP contribution in [0.25, 0.3) is 0 Å². The van der Waals surface area contributed by atoms with E-state index < -0.39 is 0 Å². The van der Waals surface area contributed by atoms with Crippen molar-refractivity contribution in [2.45, 2.75) is 19.5 Å². The Morgan fingerprint density at radius 3 is 2.72 bits per heavy atom. The number of halogens is 3. The van der Waals surface area contributed by atoms with Gasteiger partial charge in [-0.15, -0.1) is 11.3 Å². The number of hydrogen-bond donors (Lipinski definition) is 1. The van der Waals surface area contributed by atoms with Crippen LogP contribution in [-0.4, -0.2) is 4.98 Å². The van der Waals surface area contributed by atoms with Gasteiger partial charge in [-0.2, -0.15) is 0 Å². The molecule has 2 aromatic rings. The molecular formula is C12H11Cl3N2S. The maximum Gasteiger partial charge on any atom is 0.0795 e. The van der Waals surface area contributed by atoms with Crippen LogP contribution in [0.5, 0.6) is 0 Å². The monoisotopic (exact) mass is 320 g/mol. The van der Waals surface area contributed by atoms with Gasteiger partial charge in [-0.05, 0) is 18.6 Å². The number of rotatable bonds is 4. The number of aromatic nitrogens is 1. The smallest absolute Gasteiger partial charge is 0.0795 e. The zero-order valence-electron chi connectivity index (χ0n) is 9.58. The Balaban J connectivity index is 2.09. The van der Waals surface area contributed by atoms with Gasteiger partial charge < -0.3 is 5.32 Å². The highest BCUT2D eigenvalue weighted by Crippen LogP contribution is 2.35. The van der Waals surface area contributed by atoms with Gasteiger partial charge in [0.15, 0.2) is 0 Å². The standard InChI is InChI=1S/C12H11Cl3N2S/c1-7(16-4-8-5-18-6-17-8)9-2-3-10(13)12(15)11(9)14/h2-3,5-7,16H,4H2,1H3. The zero-order chi connectivity index (χ0) is 13.1. The minimum absolute atomic E-state index is 0.0777. The second-order valence-electron chi connectivity index (χ2n) is 3.85. The third-order valence-corrected chi connectivity index (χ3v) is 4.55. The summed E-state index contributed by atoms with van der Waals surface area (Å²) in [6.45, 7) is 2.72. The van der Waals surface area contributed by atoms with Crippen LogP contribution < -0.4 is 5.32 Å². The SMILES string of the molecule is CC(NCc1cscn1)c1ccc(Cl)c(Cl)c1Cl. The van der Waals surface area contributed by atoms with E-state index in [4.69, 9.17) is 34.8 Å². The van der Waals surface area contributed by atoms with Gasteiger partial charge in [0, 0.05) is 18.0 Å². The quantitative estimate of drug-likeness (QED) is 0.806. The average Bonchev–Trinajstić information content (AvgIpc) is 2.86. The van der Waals surface area contributed by atoms with Gasteiger partial charge in [0.2, 0.25) is 0 Å². The van der Waals surface area contributed by atoms with Crippen molar-refractivity contribution in [2.75, 3.05) is 0 Å². The van der Waals surface area contributed by atoms with Crippen molar-refractivity contribution in [1.82, 2.24) is 10.3 Å². The number of thiazole rings is 1. The van der Waals surface area contributed by atoms with E-state index >= 15 is 0 Å². The Kier molecular flexibility index (Phi) is 4.87. The van der Waals surface area contributed by atoms with E-state index in [1.54, 1.807) is 17.4 Å². The molecule has 1 atom stereocenters. The van der Waals surface area contributed by atoms with Gasteiger partial charge in [-0.1, -0.05) is 40.9 Å². The summed E-state index contributed by atoms with van der Waals surface area (Å²) in [5, 5.41) is 6.73. The largest absolute Gasteiger partial charge is 0.304 e. The van der Waals surface area contributed by atoms with Crippen molar-refractivity contribution in [3.8, 4) is 0 Å². The maximum atomic E-state index is 6.18. The summed E-state index contributed by atoms with van der Waals surface area (Å²) >= 11 is 19.7. The van der Waals surface area contributed by atoms with Crippen LogP contribution in [0, 0.1) is 0 Å². The van der Waals surface area contributed by atoms with Crippen LogP contribution in [-0.2, 0) is 6.54 Å². The van der Waals surface area contributed by atoms with E-state index in [1.807, 2.05) is 23.9 Å². The molecule has 0 saturated heterocycles. The van der Waals surface area contributed by atoms with Crippen molar-refractivity contribution in [3.63, 3.8) is 0 Å². The fraction of sp³-hybridized carbons (Fsp3) is 0.250. The molecule has 0 radical (unpaired) electrons. The molecule has 0 spiro atoms. The van der Waals surface area contributed by atoms with Crippen molar-refractivity contribution in [1.29, 1.82) is 0 Å². The van der Waals surface area contributed by atoms with Gasteiger partial charge in [0.05, 0.1) is 26.3 Å². The van der Waals surface area contributed by atoms with Gasteiger partial charge in [-0.3, -0.25) is 0 Å². The highest BCUT2D eigenvalue weighted by molar-refractivity contribution is 7.07. The minimum atomic E-state index is 0.0777. The van der Waals surface area contributed by atoms with Crippen molar-refractivity contribution < 1.29 is 0 Å². The van der Waals surface area contributed by atoms with E-state index in [-0.39, 0.29) is 6.04 Å². The van der Waals surface area contributed by atoms with Crippen LogP contribution in [0.3, 0.4) is 0 Å². The van der Waals surface area contributed by atoms with E-state index in [0.29, 0.717) is 21.6 Å². The maximum absolute atomic E-state index is 6.18. The molecule has 18 heavy (non-hydrogen) atoms. The number of hydrogen-bond acceptors (Lipinski definition) is 3. The third kappa shape index (κ3) is 3.16. The fourth-order valence-corrected chi connectivity index (χ4v) is 2.83. The number of nitrogens with one attached hydrogen (secondary N) is 1. The van der Waals surface area contributed by atoms with Crippen LogP contribution in [0.15, 0.2) is 23.0 Å². The van der Waals surface area contributed by atoms with Crippen LogP contribution >= 0.6 is 46.1 Å². The molecule has 0 aliphatic heterocycles. The Hall–Kier alpha value is -0.320. The predicted octanol–water partition coefficient (Wildman–Crippen LogP) is 4.95. The van der Waals surface area contributed by atoms with Crippen LogP contribution in [0.4, 0.5) is 0 Å². The molecule has 1 aromatic carbocycles. The van der Waals surface area contributed by atoms with E-state index in [1.165, 1.54) is 0 Å². The zero-order valence-corrected chi connectivity index (χ0v) is 12.7. The molecule has 1 unspecified atom stereocenters. The lowest BCUT2D eigenvalue weighted by molar-refractivity contribution is 0.569. The Labute approximate surface area is 125 Å². The highest BCUT2D eigenvalue weighted by Gasteiger charge is 2.14. The average molecular weight is 322 g/mol. The lowest BCUT2D eigenvalue weighted by atomic mass is 10.1. The molecule has 1 aromatic heterocycles. The third-order valence-electron chi connectivity index (χ3n) is 2.60. The second-order valence-corrected chi connectivity index (χ2v) is 5.73. The first-order chi connectivity index (χ1) is 8.59. The molecule has 0 saturated carbocycles. The predicted molar refractivity (Wildman–Crippen MR) is 78.8 cm³/mol. The fourth-order valence-electron chi connectivity index (χ4n) is 1.57. The Morgan fingerprint density at radius 1 is 1.28 bits per heavy atom. The van der Waals surface area contributed by atoms with Crippen molar-refractivity contribution in [2.24, 2.45) is 0 Å². The molecule has 0 fully saturated rings. The van der Waals surface area contributed by atoms with Crippen molar-refractivity contribution >= 4 is 46.1 Å². The lowest BCUT2D eigenvalue weighted by Gasteiger charge is -2.16. The molecule has 1 N–H and O–H groups in total. The van der Waals surface area contributed by atoms with Gasteiger partial charge in [0.25, 0.3) is 0 Å². The number of nitrogens with zero attached hydrogens (tertiary/aromatic N) is 1. The first-order valence-electron chi connectivity index (χ1n) is 5.33. The van der Waals surface area contributed by atoms with E-state index in [9.17, 15) is 0 Å². The molecule has 0 aliphatic carbocycles. The summed E-state index contributed by atoms with van der Waals surface area (Å²) in [4.78, 5) is 4.21. The highest BCUT2D eigenvalue weighted by atomic mass is 35.5. The summed E-state index contributed by atoms with van der Waals surface area (Å²) in [5.41, 5.74) is 3.76. The van der Waals surface area contributed by atoms with Gasteiger partial charge in [-0.25, -0.2) is 4.98 Å². The Bertz CT molecular complexity index is 528. The normalized spacial score (nSPS) is 12.7. The lowest BCUT2D eigenvalue weighted by Crippen LogP contribution is -2.18. The van der Waals surface area contributed by atoms with Gasteiger partial charge in [0.1, 0.15) is 0 Å². The van der Waals surface area contributed by atoms with Crippen LogP contribution in [0.1, 0.15) is 24.2 Å². The van der Waals surface area contributed by atoms with Gasteiger partial charge >= 0.3 is 0 Å². The van der Waals surface area contributed by atoms with E-state index in [2.05, 4.69) is 10.3 Å². The summed E-state index contributed by atoms with van der Waals surface area (Å²) in [5.74, 6) is 0.